The summed E-state index contributed by atoms with van der Waals surface area (Å²) in [5.41, 5.74) is 0. The minimum Gasteiger partial charge on any atom is -0.353 e. The van der Waals surface area contributed by atoms with Crippen molar-refractivity contribution in [2.45, 2.75) is 58.3 Å². The maximum Gasteiger partial charge on any atom is 0.226 e. The van der Waals surface area contributed by atoms with Crippen LogP contribution >= 0.6 is 0 Å². The van der Waals surface area contributed by atoms with Crippen molar-refractivity contribution in [3.63, 3.8) is 0 Å². The highest BCUT2D eigenvalue weighted by molar-refractivity contribution is 5.79. The summed E-state index contributed by atoms with van der Waals surface area (Å²) in [4.78, 5) is 19.1. The van der Waals surface area contributed by atoms with E-state index in [2.05, 4.69) is 34.1 Å². The van der Waals surface area contributed by atoms with E-state index in [1.165, 1.54) is 6.42 Å². The molecule has 1 N–H and O–H groups in total. The first kappa shape index (κ1) is 13.5. The summed E-state index contributed by atoms with van der Waals surface area (Å²) < 4.78 is 1.88. The molecule has 1 atom stereocenters. The number of amides is 1. The lowest BCUT2D eigenvalue weighted by molar-refractivity contribution is -0.127. The van der Waals surface area contributed by atoms with Crippen LogP contribution in [0.1, 0.15) is 38.9 Å². The van der Waals surface area contributed by atoms with Gasteiger partial charge in [0.05, 0.1) is 19.0 Å². The van der Waals surface area contributed by atoms with Gasteiger partial charge in [-0.3, -0.25) is 9.69 Å². The summed E-state index contributed by atoms with van der Waals surface area (Å²) in [6.07, 6.45) is 5.07. The van der Waals surface area contributed by atoms with E-state index < -0.39 is 0 Å². The smallest absolute Gasteiger partial charge is 0.226 e. The number of hydrogen-bond acceptors (Lipinski definition) is 4. The summed E-state index contributed by atoms with van der Waals surface area (Å²) in [5, 5.41) is 7.42. The molecule has 0 bridgehead atoms. The normalized spacial score (nSPS) is 24.1. The third-order valence-corrected chi connectivity index (χ3v) is 4.44. The molecule has 2 aliphatic rings. The zero-order valence-electron chi connectivity index (χ0n) is 12.2. The van der Waals surface area contributed by atoms with Crippen molar-refractivity contribution in [3.8, 4) is 0 Å². The van der Waals surface area contributed by atoms with Gasteiger partial charge in [0.15, 0.2) is 0 Å². The summed E-state index contributed by atoms with van der Waals surface area (Å²) in [5.74, 6) is 1.09. The molecule has 0 aromatic carbocycles. The predicted octanol–water partition coefficient (Wildman–Crippen LogP) is 0.787. The van der Waals surface area contributed by atoms with E-state index in [1.54, 1.807) is 6.33 Å². The van der Waals surface area contributed by atoms with Crippen LogP contribution in [0, 0.1) is 5.92 Å². The summed E-state index contributed by atoms with van der Waals surface area (Å²) in [6, 6.07) is 0.797. The third-order valence-electron chi connectivity index (χ3n) is 4.44. The van der Waals surface area contributed by atoms with Crippen LogP contribution in [0.15, 0.2) is 6.33 Å². The average Bonchev–Trinajstić information content (AvgIpc) is 2.70. The minimum absolute atomic E-state index is 0.0408. The van der Waals surface area contributed by atoms with Gasteiger partial charge in [0, 0.05) is 18.6 Å². The van der Waals surface area contributed by atoms with E-state index in [0.29, 0.717) is 18.6 Å². The Morgan fingerprint density at radius 3 is 2.85 bits per heavy atom. The van der Waals surface area contributed by atoms with Crippen LogP contribution in [-0.2, 0) is 17.9 Å². The average molecular weight is 277 g/mol. The molecule has 1 amide bonds. The van der Waals surface area contributed by atoms with Crippen molar-refractivity contribution >= 4 is 5.91 Å². The van der Waals surface area contributed by atoms with E-state index >= 15 is 0 Å². The molecule has 0 saturated heterocycles. The van der Waals surface area contributed by atoms with Crippen molar-refractivity contribution in [1.82, 2.24) is 25.0 Å². The van der Waals surface area contributed by atoms with Crippen LogP contribution in [-0.4, -0.2) is 44.2 Å². The number of carbonyl (C=O) groups is 1. The molecule has 2 heterocycles. The van der Waals surface area contributed by atoms with E-state index in [9.17, 15) is 4.79 Å². The first-order valence-electron chi connectivity index (χ1n) is 7.54. The van der Waals surface area contributed by atoms with Crippen molar-refractivity contribution < 1.29 is 4.79 Å². The Kier molecular flexibility index (Phi) is 3.74. The van der Waals surface area contributed by atoms with Gasteiger partial charge in [-0.15, -0.1) is 0 Å². The molecule has 110 valence electrons. The van der Waals surface area contributed by atoms with Gasteiger partial charge in [0.2, 0.25) is 5.91 Å². The number of nitrogens with zero attached hydrogens (tertiary/aromatic N) is 4. The highest BCUT2D eigenvalue weighted by Gasteiger charge is 2.31. The summed E-state index contributed by atoms with van der Waals surface area (Å²) in [7, 11) is 0. The quantitative estimate of drug-likeness (QED) is 0.887. The van der Waals surface area contributed by atoms with Crippen molar-refractivity contribution in [2.24, 2.45) is 5.92 Å². The zero-order chi connectivity index (χ0) is 14.1. The highest BCUT2D eigenvalue weighted by Crippen LogP contribution is 2.21. The molecule has 0 spiro atoms. The molecule has 1 saturated carbocycles. The van der Waals surface area contributed by atoms with E-state index in [0.717, 1.165) is 31.8 Å². The summed E-state index contributed by atoms with van der Waals surface area (Å²) in [6.45, 7) is 6.50. The second-order valence-electron chi connectivity index (χ2n) is 6.21. The Bertz CT molecular complexity index is 480. The maximum atomic E-state index is 12.5. The number of hydrogen-bond donors (Lipinski definition) is 1. The minimum atomic E-state index is -0.0408. The molecule has 1 aliphatic carbocycles. The lowest BCUT2D eigenvalue weighted by Gasteiger charge is -2.30. The van der Waals surface area contributed by atoms with Gasteiger partial charge in [0.25, 0.3) is 0 Å². The second kappa shape index (κ2) is 5.52. The van der Waals surface area contributed by atoms with Crippen molar-refractivity contribution in [2.75, 3.05) is 6.54 Å². The molecular weight excluding hydrogens is 254 g/mol. The van der Waals surface area contributed by atoms with Crippen LogP contribution in [0.25, 0.3) is 0 Å². The number of fused-ring (bicyclic) bond motifs is 1. The molecule has 1 aromatic rings. The molecule has 1 aliphatic heterocycles. The number of aromatic nitrogens is 3. The van der Waals surface area contributed by atoms with Crippen molar-refractivity contribution in [1.29, 1.82) is 0 Å². The topological polar surface area (TPSA) is 63.1 Å². The van der Waals surface area contributed by atoms with Crippen LogP contribution in [0.2, 0.25) is 0 Å². The first-order chi connectivity index (χ1) is 9.63. The van der Waals surface area contributed by atoms with Crippen LogP contribution in [0.4, 0.5) is 0 Å². The van der Waals surface area contributed by atoms with Crippen LogP contribution in [0.5, 0.6) is 0 Å². The fourth-order valence-corrected chi connectivity index (χ4v) is 2.79. The second-order valence-corrected chi connectivity index (χ2v) is 6.21. The van der Waals surface area contributed by atoms with Gasteiger partial charge in [-0.05, 0) is 33.1 Å². The van der Waals surface area contributed by atoms with Crippen LogP contribution < -0.4 is 5.32 Å². The molecule has 6 heteroatoms. The van der Waals surface area contributed by atoms with Crippen LogP contribution in [0.3, 0.4) is 0 Å². The molecule has 20 heavy (non-hydrogen) atoms. The Labute approximate surface area is 119 Å². The Hall–Kier alpha value is -1.43. The highest BCUT2D eigenvalue weighted by atomic mass is 16.2. The number of carbonyl (C=O) groups excluding carboxylic acids is 1. The Balaban J connectivity index is 1.74. The van der Waals surface area contributed by atoms with Gasteiger partial charge in [0.1, 0.15) is 12.2 Å². The van der Waals surface area contributed by atoms with Gasteiger partial charge in [-0.2, -0.15) is 5.10 Å². The number of rotatable bonds is 3. The lowest BCUT2D eigenvalue weighted by Crippen LogP contribution is -2.46. The monoisotopic (exact) mass is 277 g/mol. The van der Waals surface area contributed by atoms with E-state index in [-0.39, 0.29) is 11.8 Å². The van der Waals surface area contributed by atoms with Crippen molar-refractivity contribution in [3.05, 3.63) is 12.2 Å². The third kappa shape index (κ3) is 2.70. The van der Waals surface area contributed by atoms with E-state index in [1.807, 2.05) is 4.68 Å². The predicted molar refractivity (Wildman–Crippen MR) is 74.8 cm³/mol. The zero-order valence-corrected chi connectivity index (χ0v) is 12.2. The molecule has 6 nitrogen and oxygen atoms in total. The lowest BCUT2D eigenvalue weighted by atomic mass is 9.92. The Morgan fingerprint density at radius 1 is 1.40 bits per heavy atom. The molecule has 1 unspecified atom stereocenters. The van der Waals surface area contributed by atoms with Gasteiger partial charge in [-0.25, -0.2) is 9.67 Å². The molecule has 0 radical (unpaired) electrons. The molecule has 1 fully saturated rings. The SMILES string of the molecule is CC(C)N1Cc2ncnn2CC(C(=O)NC2CCC2)C1. The molecular formula is C14H23N5O. The fraction of sp³-hybridized carbons (Fsp3) is 0.786. The summed E-state index contributed by atoms with van der Waals surface area (Å²) >= 11 is 0. The Morgan fingerprint density at radius 2 is 2.20 bits per heavy atom. The van der Waals surface area contributed by atoms with Gasteiger partial charge in [-0.1, -0.05) is 0 Å². The number of nitrogens with one attached hydrogen (secondary N) is 1. The standard InChI is InChI=1S/C14H23N5O/c1-10(2)18-6-11(14(20)17-12-4-3-5-12)7-19-13(8-18)15-9-16-19/h9-12H,3-8H2,1-2H3,(H,17,20). The molecule has 3 rings (SSSR count). The maximum absolute atomic E-state index is 12.5. The van der Waals surface area contributed by atoms with E-state index in [4.69, 9.17) is 0 Å². The van der Waals surface area contributed by atoms with Gasteiger partial charge >= 0.3 is 0 Å². The largest absolute Gasteiger partial charge is 0.353 e. The molecule has 1 aromatic heterocycles. The van der Waals surface area contributed by atoms with Gasteiger partial charge < -0.3 is 5.32 Å². The fourth-order valence-electron chi connectivity index (χ4n) is 2.79. The first-order valence-corrected chi connectivity index (χ1v) is 7.54.